The summed E-state index contributed by atoms with van der Waals surface area (Å²) < 4.78 is 0. The summed E-state index contributed by atoms with van der Waals surface area (Å²) in [5.41, 5.74) is 0.338. The Bertz CT molecular complexity index is 921. The van der Waals surface area contributed by atoms with Crippen LogP contribution >= 0.6 is 11.8 Å². The zero-order valence-corrected chi connectivity index (χ0v) is 14.2. The molecule has 0 aliphatic carbocycles. The van der Waals surface area contributed by atoms with Crippen LogP contribution in [-0.2, 0) is 4.79 Å². The minimum Gasteiger partial charge on any atom is -0.349 e. The van der Waals surface area contributed by atoms with Crippen molar-refractivity contribution >= 4 is 34.9 Å². The maximum absolute atomic E-state index is 12.3. The number of carbonyl (C=O) groups excluding carboxylic acids is 3. The summed E-state index contributed by atoms with van der Waals surface area (Å²) in [5, 5.41) is 7.90. The Kier molecular flexibility index (Phi) is 5.23. The van der Waals surface area contributed by atoms with Gasteiger partial charge in [-0.1, -0.05) is 6.07 Å². The topological polar surface area (TPSA) is 125 Å². The van der Waals surface area contributed by atoms with Gasteiger partial charge in [-0.3, -0.25) is 29.1 Å². The third-order valence-electron chi connectivity index (χ3n) is 3.39. The van der Waals surface area contributed by atoms with Crippen LogP contribution in [0.2, 0.25) is 0 Å². The number of hydrogen-bond acceptors (Lipinski definition) is 7. The molecule has 0 unspecified atom stereocenters. The summed E-state index contributed by atoms with van der Waals surface area (Å²) >= 11 is 0.839. The fraction of sp³-hybridized carbons (Fsp3) is 0.125. The second-order valence-corrected chi connectivity index (χ2v) is 6.18. The molecule has 0 aromatic carbocycles. The van der Waals surface area contributed by atoms with Crippen molar-refractivity contribution in [2.75, 3.05) is 13.1 Å². The lowest BCUT2D eigenvalue weighted by Crippen LogP contribution is -2.37. The summed E-state index contributed by atoms with van der Waals surface area (Å²) in [5.74, 6) is -0.931. The molecule has 0 bridgehead atoms. The van der Waals surface area contributed by atoms with E-state index in [-0.39, 0.29) is 18.8 Å². The normalized spacial score (nSPS) is 15.5. The number of nitrogens with zero attached hydrogens (tertiary/aromatic N) is 3. The van der Waals surface area contributed by atoms with Crippen molar-refractivity contribution in [2.45, 2.75) is 0 Å². The van der Waals surface area contributed by atoms with Crippen molar-refractivity contribution in [3.8, 4) is 0 Å². The fourth-order valence-electron chi connectivity index (χ4n) is 2.15. The predicted molar refractivity (Wildman–Crippen MR) is 94.1 cm³/mol. The first-order valence-corrected chi connectivity index (χ1v) is 8.35. The predicted octanol–water partition coefficient (Wildman–Crippen LogP) is 0.631. The maximum Gasteiger partial charge on any atom is 0.293 e. The number of aromatic amines is 1. The molecule has 2 N–H and O–H groups in total. The number of amides is 3. The average Bonchev–Trinajstić information content (AvgIpc) is 2.90. The minimum atomic E-state index is -0.515. The number of pyridine rings is 1. The number of nitrogens with one attached hydrogen (secondary N) is 2. The number of rotatable bonds is 5. The van der Waals surface area contributed by atoms with E-state index in [1.54, 1.807) is 30.6 Å². The van der Waals surface area contributed by atoms with E-state index in [1.165, 1.54) is 12.1 Å². The summed E-state index contributed by atoms with van der Waals surface area (Å²) in [4.78, 5) is 52.5. The van der Waals surface area contributed by atoms with Gasteiger partial charge in [0.15, 0.2) is 0 Å². The van der Waals surface area contributed by atoms with Crippen LogP contribution in [0.3, 0.4) is 0 Å². The molecule has 0 radical (unpaired) electrons. The highest BCUT2D eigenvalue weighted by Crippen LogP contribution is 2.31. The molecule has 3 heterocycles. The van der Waals surface area contributed by atoms with Gasteiger partial charge >= 0.3 is 0 Å². The molecule has 1 aliphatic rings. The van der Waals surface area contributed by atoms with Gasteiger partial charge in [-0.15, -0.1) is 0 Å². The largest absolute Gasteiger partial charge is 0.349 e. The second-order valence-electron chi connectivity index (χ2n) is 5.18. The maximum atomic E-state index is 12.3. The molecule has 10 heteroatoms. The molecular weight excluding hydrogens is 358 g/mol. The molecule has 1 fully saturated rings. The molecular formula is C16H13N5O4S. The van der Waals surface area contributed by atoms with Gasteiger partial charge in [0.1, 0.15) is 5.69 Å². The van der Waals surface area contributed by atoms with E-state index in [2.05, 4.69) is 20.5 Å². The third-order valence-corrected chi connectivity index (χ3v) is 4.30. The number of thioether (sulfide) groups is 1. The van der Waals surface area contributed by atoms with Crippen LogP contribution in [0.15, 0.2) is 46.4 Å². The molecule has 0 saturated carbocycles. The van der Waals surface area contributed by atoms with Crippen molar-refractivity contribution < 1.29 is 14.4 Å². The van der Waals surface area contributed by atoms with Crippen LogP contribution in [0.5, 0.6) is 0 Å². The summed E-state index contributed by atoms with van der Waals surface area (Å²) in [6.07, 6.45) is 4.80. The molecule has 2 aromatic heterocycles. The highest BCUT2D eigenvalue weighted by atomic mass is 32.2. The zero-order valence-electron chi connectivity index (χ0n) is 13.3. The van der Waals surface area contributed by atoms with Gasteiger partial charge in [-0.25, -0.2) is 5.10 Å². The third kappa shape index (κ3) is 4.03. The van der Waals surface area contributed by atoms with Crippen LogP contribution in [0.4, 0.5) is 4.79 Å². The van der Waals surface area contributed by atoms with Gasteiger partial charge in [0, 0.05) is 31.5 Å². The monoisotopic (exact) mass is 371 g/mol. The van der Waals surface area contributed by atoms with E-state index in [0.29, 0.717) is 4.91 Å². The highest BCUT2D eigenvalue weighted by Gasteiger charge is 2.34. The second kappa shape index (κ2) is 7.74. The molecule has 1 saturated heterocycles. The van der Waals surface area contributed by atoms with Gasteiger partial charge in [-0.05, 0) is 35.5 Å². The van der Waals surface area contributed by atoms with Crippen molar-refractivity contribution in [1.82, 2.24) is 25.4 Å². The SMILES string of the molecule is O=C(NCCN1C(=O)S/C(=C\c2cccnc2)C1=O)c1ccc(=O)[nH]n1. The van der Waals surface area contributed by atoms with Crippen molar-refractivity contribution in [1.29, 1.82) is 0 Å². The van der Waals surface area contributed by atoms with E-state index < -0.39 is 22.6 Å². The van der Waals surface area contributed by atoms with E-state index in [0.717, 1.165) is 22.2 Å². The first-order chi connectivity index (χ1) is 12.5. The van der Waals surface area contributed by atoms with E-state index in [1.807, 2.05) is 0 Å². The quantitative estimate of drug-likeness (QED) is 0.739. The first-order valence-electron chi connectivity index (χ1n) is 7.54. The number of imide groups is 1. The standard InChI is InChI=1S/C16H13N5O4S/c22-13-4-3-11(19-20-13)14(23)18-6-7-21-15(24)12(26-16(21)25)8-10-2-1-5-17-9-10/h1-5,8-9H,6-7H2,(H,18,23)(H,20,22)/b12-8-. The van der Waals surface area contributed by atoms with Crippen LogP contribution in [-0.4, -0.2) is 50.2 Å². The van der Waals surface area contributed by atoms with Crippen LogP contribution in [0.1, 0.15) is 16.1 Å². The van der Waals surface area contributed by atoms with Gasteiger partial charge in [0.2, 0.25) is 0 Å². The molecule has 0 atom stereocenters. The molecule has 1 aliphatic heterocycles. The fourth-order valence-corrected chi connectivity index (χ4v) is 3.01. The van der Waals surface area contributed by atoms with Gasteiger partial charge in [-0.2, -0.15) is 5.10 Å². The smallest absolute Gasteiger partial charge is 0.293 e. The molecule has 26 heavy (non-hydrogen) atoms. The van der Waals surface area contributed by atoms with Crippen molar-refractivity contribution in [3.63, 3.8) is 0 Å². The van der Waals surface area contributed by atoms with Gasteiger partial charge < -0.3 is 5.32 Å². The average molecular weight is 371 g/mol. The first kappa shape index (κ1) is 17.5. The zero-order chi connectivity index (χ0) is 18.5. The molecule has 132 valence electrons. The lowest BCUT2D eigenvalue weighted by atomic mass is 10.2. The Hall–Kier alpha value is -3.27. The summed E-state index contributed by atoms with van der Waals surface area (Å²) in [7, 11) is 0. The Balaban J connectivity index is 1.58. The van der Waals surface area contributed by atoms with E-state index in [4.69, 9.17) is 0 Å². The Morgan fingerprint density at radius 2 is 2.12 bits per heavy atom. The highest BCUT2D eigenvalue weighted by molar-refractivity contribution is 8.18. The molecule has 3 rings (SSSR count). The van der Waals surface area contributed by atoms with Gasteiger partial charge in [0.25, 0.3) is 22.6 Å². The Labute approximate surface area is 151 Å². The van der Waals surface area contributed by atoms with Gasteiger partial charge in [0.05, 0.1) is 4.91 Å². The number of carbonyl (C=O) groups is 3. The summed E-state index contributed by atoms with van der Waals surface area (Å²) in [6, 6.07) is 5.97. The van der Waals surface area contributed by atoms with Crippen molar-refractivity contribution in [3.05, 3.63) is 63.2 Å². The van der Waals surface area contributed by atoms with Crippen LogP contribution < -0.4 is 10.9 Å². The Morgan fingerprint density at radius 3 is 2.81 bits per heavy atom. The van der Waals surface area contributed by atoms with Crippen LogP contribution in [0, 0.1) is 0 Å². The Morgan fingerprint density at radius 1 is 1.27 bits per heavy atom. The summed E-state index contributed by atoms with van der Waals surface area (Å²) in [6.45, 7) is 0.0992. The van der Waals surface area contributed by atoms with Crippen molar-refractivity contribution in [2.24, 2.45) is 0 Å². The number of aromatic nitrogens is 3. The number of hydrogen-bond donors (Lipinski definition) is 2. The van der Waals surface area contributed by atoms with Crippen LogP contribution in [0.25, 0.3) is 6.08 Å². The minimum absolute atomic E-state index is 0.0319. The van der Waals surface area contributed by atoms with E-state index in [9.17, 15) is 19.2 Å². The molecule has 2 aromatic rings. The van der Waals surface area contributed by atoms with E-state index >= 15 is 0 Å². The molecule has 9 nitrogen and oxygen atoms in total. The lowest BCUT2D eigenvalue weighted by molar-refractivity contribution is -0.122. The molecule has 3 amide bonds. The molecule has 0 spiro atoms. The lowest BCUT2D eigenvalue weighted by Gasteiger charge is -2.12. The number of H-pyrrole nitrogens is 1.